The second-order valence-electron chi connectivity index (χ2n) is 4.71. The van der Waals surface area contributed by atoms with Gasteiger partial charge in [0.05, 0.1) is 8.68 Å². The minimum absolute atomic E-state index is 0.129. The number of aryl methyl sites for hydroxylation is 2. The van der Waals surface area contributed by atoms with E-state index in [9.17, 15) is 8.42 Å². The van der Waals surface area contributed by atoms with E-state index >= 15 is 0 Å². The number of rotatable bonds is 5. The molecule has 2 aromatic heterocycles. The Hall–Kier alpha value is -0.210. The Labute approximate surface area is 136 Å². The Morgan fingerprint density at radius 3 is 2.50 bits per heavy atom. The molecule has 0 saturated heterocycles. The largest absolute Gasteiger partial charge is 0.241 e. The molecule has 1 atom stereocenters. The SMILES string of the molecule is Cc1ccc(CC(C)NS(=O)(=O)c2cc(Br)sc2C)s1. The second kappa shape index (κ2) is 6.27. The summed E-state index contributed by atoms with van der Waals surface area (Å²) in [5.41, 5.74) is 0. The zero-order valence-electron chi connectivity index (χ0n) is 11.4. The van der Waals surface area contributed by atoms with Crippen molar-refractivity contribution in [1.82, 2.24) is 4.72 Å². The van der Waals surface area contributed by atoms with Crippen LogP contribution < -0.4 is 4.72 Å². The number of sulfonamides is 1. The van der Waals surface area contributed by atoms with Gasteiger partial charge < -0.3 is 0 Å². The fraction of sp³-hybridized carbons (Fsp3) is 0.385. The van der Waals surface area contributed by atoms with Gasteiger partial charge in [-0.05, 0) is 61.3 Å². The Bertz CT molecular complexity index is 703. The van der Waals surface area contributed by atoms with Crippen molar-refractivity contribution in [2.75, 3.05) is 0 Å². The zero-order valence-corrected chi connectivity index (χ0v) is 15.5. The molecular formula is C13H16BrNO2S3. The summed E-state index contributed by atoms with van der Waals surface area (Å²) >= 11 is 6.46. The number of thiophene rings is 2. The molecule has 0 aliphatic carbocycles. The quantitative estimate of drug-likeness (QED) is 0.830. The molecule has 0 spiro atoms. The maximum Gasteiger partial charge on any atom is 0.241 e. The van der Waals surface area contributed by atoms with Crippen molar-refractivity contribution in [2.24, 2.45) is 0 Å². The fourth-order valence-corrected chi connectivity index (χ4v) is 6.64. The highest BCUT2D eigenvalue weighted by Gasteiger charge is 2.22. The van der Waals surface area contributed by atoms with Crippen molar-refractivity contribution in [1.29, 1.82) is 0 Å². The van der Waals surface area contributed by atoms with E-state index in [0.717, 1.165) is 8.66 Å². The first-order chi connectivity index (χ1) is 9.28. The average molecular weight is 394 g/mol. The van der Waals surface area contributed by atoms with Gasteiger partial charge in [0.2, 0.25) is 10.0 Å². The van der Waals surface area contributed by atoms with Gasteiger partial charge in [0, 0.05) is 20.7 Å². The standard InChI is InChI=1S/C13H16BrNO2S3/c1-8(6-11-5-4-9(2)18-11)15-20(16,17)12-7-13(14)19-10(12)3/h4-5,7-8,15H,6H2,1-3H3. The van der Waals surface area contributed by atoms with Gasteiger partial charge in [-0.3, -0.25) is 0 Å². The fourth-order valence-electron chi connectivity index (χ4n) is 1.96. The lowest BCUT2D eigenvalue weighted by atomic mass is 10.2. The van der Waals surface area contributed by atoms with E-state index in [2.05, 4.69) is 39.7 Å². The molecule has 3 nitrogen and oxygen atoms in total. The molecule has 0 aromatic carbocycles. The summed E-state index contributed by atoms with van der Waals surface area (Å²) in [5, 5.41) is 0. The van der Waals surface area contributed by atoms with Crippen molar-refractivity contribution in [3.63, 3.8) is 0 Å². The van der Waals surface area contributed by atoms with E-state index in [1.54, 1.807) is 17.4 Å². The third-order valence-electron chi connectivity index (χ3n) is 2.79. The Balaban J connectivity index is 2.10. The van der Waals surface area contributed by atoms with Crippen LogP contribution in [0.25, 0.3) is 0 Å². The van der Waals surface area contributed by atoms with Crippen LogP contribution in [0.2, 0.25) is 0 Å². The predicted octanol–water partition coefficient (Wildman–Crippen LogP) is 4.10. The summed E-state index contributed by atoms with van der Waals surface area (Å²) in [5.74, 6) is 0. The zero-order chi connectivity index (χ0) is 14.9. The number of halogens is 1. The number of hydrogen-bond donors (Lipinski definition) is 1. The van der Waals surface area contributed by atoms with Gasteiger partial charge in [-0.2, -0.15) is 0 Å². The van der Waals surface area contributed by atoms with Gasteiger partial charge in [-0.15, -0.1) is 22.7 Å². The molecule has 0 amide bonds. The molecular weight excluding hydrogens is 378 g/mol. The third kappa shape index (κ3) is 3.92. The van der Waals surface area contributed by atoms with Crippen LogP contribution in [0.15, 0.2) is 26.9 Å². The van der Waals surface area contributed by atoms with Crippen LogP contribution in [-0.4, -0.2) is 14.5 Å². The van der Waals surface area contributed by atoms with Crippen LogP contribution in [0, 0.1) is 13.8 Å². The normalized spacial score (nSPS) is 13.6. The van der Waals surface area contributed by atoms with Gasteiger partial charge in [0.25, 0.3) is 0 Å². The summed E-state index contributed by atoms with van der Waals surface area (Å²) in [6.07, 6.45) is 0.710. The summed E-state index contributed by atoms with van der Waals surface area (Å²) in [4.78, 5) is 3.60. The van der Waals surface area contributed by atoms with Crippen LogP contribution in [0.1, 0.15) is 21.6 Å². The molecule has 20 heavy (non-hydrogen) atoms. The predicted molar refractivity (Wildman–Crippen MR) is 89.3 cm³/mol. The summed E-state index contributed by atoms with van der Waals surface area (Å²) in [6, 6.07) is 5.64. The molecule has 110 valence electrons. The maximum absolute atomic E-state index is 12.4. The Kier molecular flexibility index (Phi) is 5.07. The second-order valence-corrected chi connectivity index (χ2v) is 10.4. The lowest BCUT2D eigenvalue weighted by Crippen LogP contribution is -2.34. The summed E-state index contributed by atoms with van der Waals surface area (Å²) in [7, 11) is -3.45. The first-order valence-corrected chi connectivity index (χ1v) is 10.0. The highest BCUT2D eigenvalue weighted by molar-refractivity contribution is 9.11. The van der Waals surface area contributed by atoms with Crippen molar-refractivity contribution in [3.05, 3.63) is 36.6 Å². The Morgan fingerprint density at radius 2 is 2.00 bits per heavy atom. The van der Waals surface area contributed by atoms with E-state index in [4.69, 9.17) is 0 Å². The third-order valence-corrected chi connectivity index (χ3v) is 7.21. The summed E-state index contributed by atoms with van der Waals surface area (Å²) < 4.78 is 28.3. The monoisotopic (exact) mass is 393 g/mol. The van der Waals surface area contributed by atoms with Crippen LogP contribution in [0.3, 0.4) is 0 Å². The molecule has 2 heterocycles. The minimum Gasteiger partial charge on any atom is -0.208 e. The molecule has 0 bridgehead atoms. The molecule has 1 N–H and O–H groups in total. The van der Waals surface area contributed by atoms with Crippen LogP contribution in [0.5, 0.6) is 0 Å². The van der Waals surface area contributed by atoms with Crippen molar-refractivity contribution in [3.8, 4) is 0 Å². The minimum atomic E-state index is -3.45. The molecule has 0 fully saturated rings. The van der Waals surface area contributed by atoms with E-state index < -0.39 is 10.0 Å². The molecule has 0 radical (unpaired) electrons. The van der Waals surface area contributed by atoms with Gasteiger partial charge in [-0.25, -0.2) is 13.1 Å². The maximum atomic E-state index is 12.4. The number of nitrogens with one attached hydrogen (secondary N) is 1. The number of hydrogen-bond acceptors (Lipinski definition) is 4. The topological polar surface area (TPSA) is 46.2 Å². The molecule has 0 saturated carbocycles. The first-order valence-electron chi connectivity index (χ1n) is 6.11. The van der Waals surface area contributed by atoms with E-state index in [1.807, 2.05) is 13.8 Å². The molecule has 0 aliphatic rings. The van der Waals surface area contributed by atoms with E-state index in [0.29, 0.717) is 11.3 Å². The average Bonchev–Trinajstić information content (AvgIpc) is 2.84. The van der Waals surface area contributed by atoms with Gasteiger partial charge in [0.15, 0.2) is 0 Å². The van der Waals surface area contributed by atoms with Crippen molar-refractivity contribution >= 4 is 48.6 Å². The molecule has 2 aromatic rings. The molecule has 1 unspecified atom stereocenters. The first kappa shape index (κ1) is 16.2. The van der Waals surface area contributed by atoms with Gasteiger partial charge >= 0.3 is 0 Å². The molecule has 0 aliphatic heterocycles. The highest BCUT2D eigenvalue weighted by Crippen LogP contribution is 2.29. The van der Waals surface area contributed by atoms with Crippen LogP contribution in [-0.2, 0) is 16.4 Å². The van der Waals surface area contributed by atoms with Crippen molar-refractivity contribution in [2.45, 2.75) is 38.1 Å². The smallest absolute Gasteiger partial charge is 0.208 e. The Morgan fingerprint density at radius 1 is 1.30 bits per heavy atom. The lowest BCUT2D eigenvalue weighted by molar-refractivity contribution is 0.560. The van der Waals surface area contributed by atoms with Crippen LogP contribution in [0.4, 0.5) is 0 Å². The van der Waals surface area contributed by atoms with E-state index in [1.165, 1.54) is 21.1 Å². The van der Waals surface area contributed by atoms with Gasteiger partial charge in [0.1, 0.15) is 0 Å². The van der Waals surface area contributed by atoms with E-state index in [-0.39, 0.29) is 6.04 Å². The van der Waals surface area contributed by atoms with Crippen LogP contribution >= 0.6 is 38.6 Å². The van der Waals surface area contributed by atoms with Crippen molar-refractivity contribution < 1.29 is 8.42 Å². The lowest BCUT2D eigenvalue weighted by Gasteiger charge is -2.13. The van der Waals surface area contributed by atoms with Gasteiger partial charge in [-0.1, -0.05) is 0 Å². The summed E-state index contributed by atoms with van der Waals surface area (Å²) in [6.45, 7) is 5.76. The molecule has 7 heteroatoms. The molecule has 2 rings (SSSR count). The highest BCUT2D eigenvalue weighted by atomic mass is 79.9.